The summed E-state index contributed by atoms with van der Waals surface area (Å²) in [5.41, 5.74) is 5.93. The number of nitrogens with one attached hydrogen (secondary N) is 1. The Bertz CT molecular complexity index is 1270. The van der Waals surface area contributed by atoms with Crippen molar-refractivity contribution >= 4 is 23.4 Å². The first kappa shape index (κ1) is 23.5. The molecule has 5 rings (SSSR count). The first-order valence-electron chi connectivity index (χ1n) is 12.4. The number of carbonyl (C=O) groups is 3. The molecule has 1 N–H and O–H groups in total. The molecule has 1 saturated heterocycles. The molecule has 2 atom stereocenters. The Labute approximate surface area is 211 Å². The van der Waals surface area contributed by atoms with Crippen LogP contribution in [-0.4, -0.2) is 29.2 Å². The van der Waals surface area contributed by atoms with Crippen LogP contribution >= 0.6 is 0 Å². The molecule has 1 fully saturated rings. The maximum absolute atomic E-state index is 13.7. The lowest BCUT2D eigenvalue weighted by Gasteiger charge is -2.38. The fourth-order valence-corrected chi connectivity index (χ4v) is 4.91. The highest BCUT2D eigenvalue weighted by Gasteiger charge is 2.42. The molecule has 3 aromatic rings. The van der Waals surface area contributed by atoms with Gasteiger partial charge in [0.05, 0.1) is 17.5 Å². The van der Waals surface area contributed by atoms with Crippen molar-refractivity contribution in [1.29, 1.82) is 0 Å². The van der Waals surface area contributed by atoms with E-state index in [-0.39, 0.29) is 29.6 Å². The molecule has 36 heavy (non-hydrogen) atoms. The number of fused-ring (bicyclic) bond motifs is 1. The second-order valence-electron chi connectivity index (χ2n) is 9.30. The van der Waals surface area contributed by atoms with Crippen molar-refractivity contribution in [3.8, 4) is 0 Å². The molecule has 182 valence electrons. The van der Waals surface area contributed by atoms with Gasteiger partial charge < -0.3 is 4.90 Å². The average molecular weight is 480 g/mol. The van der Waals surface area contributed by atoms with Gasteiger partial charge in [0.25, 0.3) is 5.91 Å². The third-order valence-corrected chi connectivity index (χ3v) is 6.90. The summed E-state index contributed by atoms with van der Waals surface area (Å²) in [6.45, 7) is 1.03. The third kappa shape index (κ3) is 5.08. The van der Waals surface area contributed by atoms with Gasteiger partial charge in [-0.3, -0.25) is 19.8 Å². The summed E-state index contributed by atoms with van der Waals surface area (Å²) in [5.74, 6) is -1.12. The summed E-state index contributed by atoms with van der Waals surface area (Å²) in [5, 5.41) is 1.31. The van der Waals surface area contributed by atoms with Crippen molar-refractivity contribution in [2.45, 2.75) is 25.8 Å². The molecule has 1 aliphatic heterocycles. The van der Waals surface area contributed by atoms with Gasteiger partial charge in [0.1, 0.15) is 0 Å². The number of rotatable bonds is 7. The van der Waals surface area contributed by atoms with Crippen LogP contribution in [0.15, 0.2) is 97.1 Å². The van der Waals surface area contributed by atoms with Crippen LogP contribution in [0.25, 0.3) is 0 Å². The van der Waals surface area contributed by atoms with Crippen LogP contribution in [0.3, 0.4) is 0 Å². The predicted molar refractivity (Wildman–Crippen MR) is 139 cm³/mol. The number of anilines is 1. The van der Waals surface area contributed by atoms with Gasteiger partial charge in [-0.2, -0.15) is 0 Å². The lowest BCUT2D eigenvalue weighted by Crippen LogP contribution is -2.59. The number of hydrogen-bond donors (Lipinski definition) is 1. The number of carbonyl (C=O) groups excluding carboxylic acids is 3. The molecule has 0 spiro atoms. The maximum atomic E-state index is 13.7. The smallest absolute Gasteiger partial charge is 0.254 e. The van der Waals surface area contributed by atoms with Crippen LogP contribution < -0.4 is 10.4 Å². The SMILES string of the molecule is O=C1NN(c2cccc(C(=O)N(CCc3ccccc3)Cc3ccccc3)c2)C(=O)C2CC=CCC12. The Hall–Kier alpha value is -4.19. The molecule has 0 radical (unpaired) electrons. The monoisotopic (exact) mass is 479 g/mol. The van der Waals surface area contributed by atoms with Crippen molar-refractivity contribution < 1.29 is 14.4 Å². The summed E-state index contributed by atoms with van der Waals surface area (Å²) in [6.07, 6.45) is 5.78. The van der Waals surface area contributed by atoms with Crippen LogP contribution in [-0.2, 0) is 22.6 Å². The molecule has 0 saturated carbocycles. The fraction of sp³-hybridized carbons (Fsp3) is 0.233. The number of hydrogen-bond acceptors (Lipinski definition) is 3. The lowest BCUT2D eigenvalue weighted by atomic mass is 9.80. The van der Waals surface area contributed by atoms with Crippen LogP contribution in [0.4, 0.5) is 5.69 Å². The predicted octanol–water partition coefficient (Wildman–Crippen LogP) is 4.53. The van der Waals surface area contributed by atoms with Gasteiger partial charge in [0.2, 0.25) is 11.8 Å². The quantitative estimate of drug-likeness (QED) is 0.506. The van der Waals surface area contributed by atoms with Crippen LogP contribution in [0.1, 0.15) is 34.3 Å². The van der Waals surface area contributed by atoms with E-state index < -0.39 is 0 Å². The molecule has 1 heterocycles. The number of nitrogens with zero attached hydrogens (tertiary/aromatic N) is 2. The maximum Gasteiger partial charge on any atom is 0.254 e. The first-order valence-corrected chi connectivity index (χ1v) is 12.4. The Morgan fingerprint density at radius 1 is 0.833 bits per heavy atom. The van der Waals surface area contributed by atoms with E-state index in [2.05, 4.69) is 17.6 Å². The summed E-state index contributed by atoms with van der Waals surface area (Å²) in [4.78, 5) is 41.4. The topological polar surface area (TPSA) is 69.7 Å². The van der Waals surface area contributed by atoms with Gasteiger partial charge >= 0.3 is 0 Å². The van der Waals surface area contributed by atoms with Crippen LogP contribution in [0, 0.1) is 11.8 Å². The first-order chi connectivity index (χ1) is 17.6. The molecular weight excluding hydrogens is 450 g/mol. The van der Waals surface area contributed by atoms with E-state index in [4.69, 9.17) is 0 Å². The molecule has 3 aromatic carbocycles. The standard InChI is InChI=1S/C30H29N3O3/c34-28-26-16-7-8-17-27(26)30(36)33(31-28)25-15-9-14-24(20-25)29(35)32(21-23-12-5-2-6-13-23)19-18-22-10-3-1-4-11-22/h1-15,20,26-27H,16-19,21H2,(H,31,34). The minimum absolute atomic E-state index is 0.120. The Balaban J connectivity index is 1.38. The fourth-order valence-electron chi connectivity index (χ4n) is 4.91. The highest BCUT2D eigenvalue weighted by atomic mass is 16.2. The molecule has 2 aliphatic rings. The summed E-state index contributed by atoms with van der Waals surface area (Å²) >= 11 is 0. The molecule has 3 amide bonds. The summed E-state index contributed by atoms with van der Waals surface area (Å²) in [7, 11) is 0. The Kier molecular flexibility index (Phi) is 6.94. The summed E-state index contributed by atoms with van der Waals surface area (Å²) in [6, 6.07) is 27.0. The third-order valence-electron chi connectivity index (χ3n) is 6.90. The molecule has 1 aliphatic carbocycles. The van der Waals surface area contributed by atoms with E-state index in [1.165, 1.54) is 5.01 Å². The van der Waals surface area contributed by atoms with Crippen molar-refractivity contribution in [2.24, 2.45) is 11.8 Å². The van der Waals surface area contributed by atoms with E-state index in [0.717, 1.165) is 17.5 Å². The second-order valence-corrected chi connectivity index (χ2v) is 9.30. The van der Waals surface area contributed by atoms with Crippen molar-refractivity contribution in [3.63, 3.8) is 0 Å². The minimum Gasteiger partial charge on any atom is -0.334 e. The van der Waals surface area contributed by atoms with Crippen molar-refractivity contribution in [2.75, 3.05) is 11.6 Å². The van der Waals surface area contributed by atoms with Gasteiger partial charge in [-0.25, -0.2) is 5.01 Å². The molecule has 2 unspecified atom stereocenters. The largest absolute Gasteiger partial charge is 0.334 e. The highest BCUT2D eigenvalue weighted by Crippen LogP contribution is 2.32. The van der Waals surface area contributed by atoms with Gasteiger partial charge in [-0.1, -0.05) is 78.9 Å². The molecule has 0 aromatic heterocycles. The van der Waals surface area contributed by atoms with E-state index in [0.29, 0.717) is 37.2 Å². The zero-order valence-electron chi connectivity index (χ0n) is 20.0. The summed E-state index contributed by atoms with van der Waals surface area (Å²) < 4.78 is 0. The zero-order valence-corrected chi connectivity index (χ0v) is 20.0. The van der Waals surface area contributed by atoms with Crippen LogP contribution in [0.2, 0.25) is 0 Å². The second kappa shape index (κ2) is 10.6. The van der Waals surface area contributed by atoms with E-state index >= 15 is 0 Å². The molecule has 6 nitrogen and oxygen atoms in total. The molecule has 0 bridgehead atoms. The molecular formula is C30H29N3O3. The highest BCUT2D eigenvalue weighted by molar-refractivity contribution is 6.05. The number of amides is 3. The van der Waals surface area contributed by atoms with E-state index in [1.807, 2.05) is 65.6 Å². The lowest BCUT2D eigenvalue weighted by molar-refractivity contribution is -0.139. The van der Waals surface area contributed by atoms with Gasteiger partial charge in [-0.05, 0) is 48.6 Å². The van der Waals surface area contributed by atoms with Gasteiger partial charge in [0.15, 0.2) is 0 Å². The number of benzene rings is 3. The Morgan fingerprint density at radius 3 is 2.22 bits per heavy atom. The zero-order chi connectivity index (χ0) is 24.9. The van der Waals surface area contributed by atoms with Gasteiger partial charge in [0, 0.05) is 18.7 Å². The van der Waals surface area contributed by atoms with E-state index in [9.17, 15) is 14.4 Å². The minimum atomic E-state index is -0.372. The molecule has 6 heteroatoms. The average Bonchev–Trinajstić information content (AvgIpc) is 2.94. The normalized spacial score (nSPS) is 18.9. The Morgan fingerprint density at radius 2 is 1.50 bits per heavy atom. The van der Waals surface area contributed by atoms with Gasteiger partial charge in [-0.15, -0.1) is 0 Å². The number of hydrazine groups is 1. The van der Waals surface area contributed by atoms with Crippen LogP contribution in [0.5, 0.6) is 0 Å². The number of allylic oxidation sites excluding steroid dienone is 2. The van der Waals surface area contributed by atoms with Crippen molar-refractivity contribution in [3.05, 3.63) is 114 Å². The van der Waals surface area contributed by atoms with Crippen molar-refractivity contribution in [1.82, 2.24) is 10.3 Å². The van der Waals surface area contributed by atoms with E-state index in [1.54, 1.807) is 24.3 Å².